The second-order valence-corrected chi connectivity index (χ2v) is 12.7. The summed E-state index contributed by atoms with van der Waals surface area (Å²) in [5, 5.41) is 10.1. The van der Waals surface area contributed by atoms with E-state index in [1.807, 2.05) is 82.4 Å². The summed E-state index contributed by atoms with van der Waals surface area (Å²) in [4.78, 5) is 33.8. The first kappa shape index (κ1) is 30.8. The first-order chi connectivity index (χ1) is 22.3. The number of benzene rings is 3. The van der Waals surface area contributed by atoms with Crippen LogP contribution in [0.25, 0.3) is 22.0 Å². The zero-order valence-corrected chi connectivity index (χ0v) is 26.5. The van der Waals surface area contributed by atoms with Crippen LogP contribution in [0.15, 0.2) is 85.3 Å². The Balaban J connectivity index is 1.46. The molecule has 46 heavy (non-hydrogen) atoms. The second kappa shape index (κ2) is 13.5. The molecule has 2 aromatic heterocycles. The lowest BCUT2D eigenvalue weighted by molar-refractivity contribution is -0.123. The highest BCUT2D eigenvalue weighted by Gasteiger charge is 2.29. The van der Waals surface area contributed by atoms with E-state index < -0.39 is 5.91 Å². The maximum atomic E-state index is 14.4. The van der Waals surface area contributed by atoms with Crippen molar-refractivity contribution in [3.8, 4) is 17.2 Å². The lowest BCUT2D eigenvalue weighted by Gasteiger charge is -2.30. The summed E-state index contributed by atoms with van der Waals surface area (Å²) >= 11 is 0. The summed E-state index contributed by atoms with van der Waals surface area (Å²) in [5.74, 6) is -0.111. The SMILES string of the molecule is CC(C)Cn1c(C(N)=O)c(-c2ccccc2)c2cc(N(Cc3cncn3Cc3ccc(C#N)cc3)C(=O)C3CCCCC3)ccc21. The number of hydrogen-bond acceptors (Lipinski definition) is 4. The second-order valence-electron chi connectivity index (χ2n) is 12.7. The molecule has 0 bridgehead atoms. The highest BCUT2D eigenvalue weighted by Crippen LogP contribution is 2.39. The van der Waals surface area contributed by atoms with Gasteiger partial charge >= 0.3 is 0 Å². The van der Waals surface area contributed by atoms with E-state index in [0.29, 0.717) is 30.9 Å². The fraction of sp³-hybridized carbons (Fsp3) is 0.316. The molecule has 5 aromatic rings. The zero-order chi connectivity index (χ0) is 32.2. The van der Waals surface area contributed by atoms with Crippen LogP contribution in [0.2, 0.25) is 0 Å². The quantitative estimate of drug-likeness (QED) is 0.179. The van der Waals surface area contributed by atoms with Crippen molar-refractivity contribution in [1.29, 1.82) is 5.26 Å². The minimum Gasteiger partial charge on any atom is -0.364 e. The first-order valence-electron chi connectivity index (χ1n) is 16.1. The molecule has 0 radical (unpaired) electrons. The lowest BCUT2D eigenvalue weighted by atomic mass is 9.88. The van der Waals surface area contributed by atoms with Crippen LogP contribution in [0.3, 0.4) is 0 Å². The number of nitriles is 1. The van der Waals surface area contributed by atoms with Gasteiger partial charge in [-0.3, -0.25) is 9.59 Å². The van der Waals surface area contributed by atoms with Gasteiger partial charge in [0.1, 0.15) is 5.69 Å². The van der Waals surface area contributed by atoms with E-state index in [2.05, 4.69) is 35.5 Å². The van der Waals surface area contributed by atoms with Crippen molar-refractivity contribution < 1.29 is 9.59 Å². The van der Waals surface area contributed by atoms with Gasteiger partial charge in [-0.15, -0.1) is 0 Å². The van der Waals surface area contributed by atoms with E-state index in [4.69, 9.17) is 5.73 Å². The Morgan fingerprint density at radius 3 is 2.43 bits per heavy atom. The van der Waals surface area contributed by atoms with Crippen molar-refractivity contribution in [3.63, 3.8) is 0 Å². The van der Waals surface area contributed by atoms with E-state index in [1.54, 1.807) is 6.33 Å². The summed E-state index contributed by atoms with van der Waals surface area (Å²) in [6.45, 7) is 5.81. The van der Waals surface area contributed by atoms with E-state index in [9.17, 15) is 14.9 Å². The van der Waals surface area contributed by atoms with Gasteiger partial charge in [0.2, 0.25) is 5.91 Å². The number of anilines is 1. The predicted octanol–water partition coefficient (Wildman–Crippen LogP) is 7.29. The molecule has 234 valence electrons. The van der Waals surface area contributed by atoms with E-state index in [0.717, 1.165) is 71.1 Å². The molecule has 3 aromatic carbocycles. The molecule has 6 rings (SSSR count). The van der Waals surface area contributed by atoms with Gasteiger partial charge in [-0.1, -0.05) is 75.6 Å². The van der Waals surface area contributed by atoms with Gasteiger partial charge in [0, 0.05) is 47.4 Å². The molecule has 0 saturated heterocycles. The number of imidazole rings is 1. The van der Waals surface area contributed by atoms with E-state index >= 15 is 0 Å². The molecule has 1 aliphatic carbocycles. The summed E-state index contributed by atoms with van der Waals surface area (Å²) in [7, 11) is 0. The fourth-order valence-corrected chi connectivity index (χ4v) is 6.75. The van der Waals surface area contributed by atoms with Crippen LogP contribution in [0.1, 0.15) is 73.3 Å². The minimum absolute atomic E-state index is 0.0420. The number of fused-ring (bicyclic) bond motifs is 1. The van der Waals surface area contributed by atoms with Gasteiger partial charge in [-0.25, -0.2) is 4.98 Å². The van der Waals surface area contributed by atoms with Crippen LogP contribution in [0.4, 0.5) is 5.69 Å². The molecule has 8 heteroatoms. The van der Waals surface area contributed by atoms with Gasteiger partial charge in [-0.2, -0.15) is 5.26 Å². The molecule has 0 unspecified atom stereocenters. The van der Waals surface area contributed by atoms with Crippen LogP contribution < -0.4 is 10.6 Å². The predicted molar refractivity (Wildman–Crippen MR) is 181 cm³/mol. The Morgan fingerprint density at radius 1 is 1.02 bits per heavy atom. The molecule has 2 heterocycles. The minimum atomic E-state index is -0.473. The molecule has 0 spiro atoms. The fourth-order valence-electron chi connectivity index (χ4n) is 6.75. The normalized spacial score (nSPS) is 13.6. The number of aromatic nitrogens is 3. The summed E-state index contributed by atoms with van der Waals surface area (Å²) in [6, 6.07) is 25.7. The average Bonchev–Trinajstić information content (AvgIpc) is 3.65. The number of amides is 2. The van der Waals surface area contributed by atoms with Crippen LogP contribution in [0, 0.1) is 23.2 Å². The number of rotatable bonds is 10. The summed E-state index contributed by atoms with van der Waals surface area (Å²) < 4.78 is 4.09. The Kier molecular flexibility index (Phi) is 9.02. The van der Waals surface area contributed by atoms with Gasteiger partial charge in [0.25, 0.3) is 5.91 Å². The topological polar surface area (TPSA) is 110 Å². The van der Waals surface area contributed by atoms with Crippen molar-refractivity contribution >= 4 is 28.4 Å². The van der Waals surface area contributed by atoms with Gasteiger partial charge in [0.05, 0.1) is 30.2 Å². The van der Waals surface area contributed by atoms with Gasteiger partial charge < -0.3 is 19.8 Å². The summed E-state index contributed by atoms with van der Waals surface area (Å²) in [6.07, 6.45) is 8.65. The molecule has 0 atom stereocenters. The lowest BCUT2D eigenvalue weighted by Crippen LogP contribution is -2.37. The molecule has 1 fully saturated rings. The monoisotopic (exact) mass is 612 g/mol. The van der Waals surface area contributed by atoms with E-state index in [-0.39, 0.29) is 17.7 Å². The third-order valence-electron chi connectivity index (χ3n) is 8.98. The standard InChI is InChI=1S/C38H40N6O2/c1-26(2)22-44-34-18-17-31(19-33(34)35(36(44)37(40)45)29-9-5-3-6-10-29)43(38(46)30-11-7-4-8-12-30)24-32-21-41-25-42(32)23-28-15-13-27(20-39)14-16-28/h3,5-6,9-10,13-19,21,25-26,30H,4,7-8,11-12,22-24H2,1-2H3,(H2,40,45). The van der Waals surface area contributed by atoms with Crippen molar-refractivity contribution in [1.82, 2.24) is 14.1 Å². The largest absolute Gasteiger partial charge is 0.364 e. The summed E-state index contributed by atoms with van der Waals surface area (Å²) in [5.41, 5.74) is 12.5. The highest BCUT2D eigenvalue weighted by atomic mass is 16.2. The van der Waals surface area contributed by atoms with Crippen molar-refractivity contribution in [2.75, 3.05) is 4.90 Å². The van der Waals surface area contributed by atoms with Crippen molar-refractivity contribution in [2.24, 2.45) is 17.6 Å². The molecular weight excluding hydrogens is 572 g/mol. The average molecular weight is 613 g/mol. The molecule has 2 amide bonds. The molecular formula is C38H40N6O2. The Labute approximate surface area is 270 Å². The zero-order valence-electron chi connectivity index (χ0n) is 26.5. The Hall–Kier alpha value is -5.16. The maximum Gasteiger partial charge on any atom is 0.266 e. The molecule has 2 N–H and O–H groups in total. The van der Waals surface area contributed by atoms with Crippen molar-refractivity contribution in [3.05, 3.63) is 108 Å². The Bertz CT molecular complexity index is 1890. The maximum absolute atomic E-state index is 14.4. The molecule has 8 nitrogen and oxygen atoms in total. The van der Waals surface area contributed by atoms with Gasteiger partial charge in [0.15, 0.2) is 0 Å². The van der Waals surface area contributed by atoms with Crippen LogP contribution in [-0.2, 0) is 24.4 Å². The molecule has 1 saturated carbocycles. The number of nitrogens with two attached hydrogens (primary N) is 1. The number of hydrogen-bond donors (Lipinski definition) is 1. The third kappa shape index (κ3) is 6.32. The highest BCUT2D eigenvalue weighted by molar-refractivity contribution is 6.11. The van der Waals surface area contributed by atoms with Crippen LogP contribution in [0.5, 0.6) is 0 Å². The van der Waals surface area contributed by atoms with Crippen molar-refractivity contribution in [2.45, 2.75) is 65.6 Å². The molecule has 0 aliphatic heterocycles. The van der Waals surface area contributed by atoms with E-state index in [1.165, 1.54) is 0 Å². The number of nitrogens with zero attached hydrogens (tertiary/aromatic N) is 5. The number of carbonyl (C=O) groups excluding carboxylic acids is 2. The smallest absolute Gasteiger partial charge is 0.266 e. The van der Waals surface area contributed by atoms with Gasteiger partial charge in [-0.05, 0) is 60.2 Å². The molecule has 1 aliphatic rings. The first-order valence-corrected chi connectivity index (χ1v) is 16.1. The number of primary amides is 1. The Morgan fingerprint density at radius 2 is 1.76 bits per heavy atom. The van der Waals surface area contributed by atoms with Crippen LogP contribution >= 0.6 is 0 Å². The number of carbonyl (C=O) groups is 2. The van der Waals surface area contributed by atoms with Crippen LogP contribution in [-0.4, -0.2) is 25.9 Å². The third-order valence-corrected chi connectivity index (χ3v) is 8.98.